The van der Waals surface area contributed by atoms with E-state index in [1.165, 1.54) is 18.7 Å². The van der Waals surface area contributed by atoms with Crippen LogP contribution in [0.15, 0.2) is 48.5 Å². The molecule has 0 aliphatic carbocycles. The van der Waals surface area contributed by atoms with Gasteiger partial charge in [-0.25, -0.2) is 13.6 Å². The molecule has 218 valence electrons. The quantitative estimate of drug-likeness (QED) is 0.450. The fraction of sp³-hybridized carbons (Fsp3) is 0.517. The first-order chi connectivity index (χ1) is 18.6. The lowest BCUT2D eigenvalue weighted by atomic mass is 9.80. The highest BCUT2D eigenvalue weighted by Crippen LogP contribution is 2.40. The summed E-state index contributed by atoms with van der Waals surface area (Å²) in [7, 11) is 1.55. The Morgan fingerprint density at radius 2 is 1.43 bits per heavy atom. The van der Waals surface area contributed by atoms with Gasteiger partial charge in [0.15, 0.2) is 0 Å². The Morgan fingerprint density at radius 1 is 0.850 bits per heavy atom. The van der Waals surface area contributed by atoms with Crippen LogP contribution in [0.4, 0.5) is 26.7 Å². The third kappa shape index (κ3) is 6.09. The van der Waals surface area contributed by atoms with Crippen molar-refractivity contribution in [1.29, 1.82) is 0 Å². The number of hydrogen-bond donors (Lipinski definition) is 0. The van der Waals surface area contributed by atoms with Gasteiger partial charge < -0.3 is 19.4 Å². The molecule has 2 heterocycles. The first-order valence-electron chi connectivity index (χ1n) is 13.2. The highest BCUT2D eigenvalue weighted by Gasteiger charge is 2.45. The fourth-order valence-electron chi connectivity index (χ4n) is 5.44. The van der Waals surface area contributed by atoms with Gasteiger partial charge in [0, 0.05) is 51.6 Å². The molecule has 2 fully saturated rings. The number of halogens is 5. The number of benzene rings is 2. The van der Waals surface area contributed by atoms with Crippen molar-refractivity contribution in [1.82, 2.24) is 14.7 Å². The molecule has 2 aliphatic rings. The molecule has 0 bridgehead atoms. The van der Waals surface area contributed by atoms with Crippen molar-refractivity contribution in [2.24, 2.45) is 0 Å². The standard InChI is InChI=1S/C29H34F5N3O3/c1-27(2,20-14-21(28(3,30)31)16-22(15-20)29(32,33)34)25(38)35(4)24-18-37(26(39)36-10-12-40-13-11-36)17-23(24)19-8-6-5-7-9-19/h5-9,14-16,23-24H,10-13,17-18H2,1-4H3/t23-,24+/m0/s1. The van der Waals surface area contributed by atoms with Gasteiger partial charge in [0.05, 0.1) is 30.2 Å². The van der Waals surface area contributed by atoms with E-state index in [0.29, 0.717) is 45.8 Å². The molecule has 2 aromatic carbocycles. The van der Waals surface area contributed by atoms with Gasteiger partial charge in [0.25, 0.3) is 5.92 Å². The molecule has 4 rings (SSSR count). The zero-order valence-corrected chi connectivity index (χ0v) is 23.0. The number of carbonyl (C=O) groups is 2. The number of rotatable bonds is 5. The maximum absolute atomic E-state index is 14.2. The maximum atomic E-state index is 14.2. The predicted molar refractivity (Wildman–Crippen MR) is 139 cm³/mol. The number of likely N-dealkylation sites (N-methyl/N-ethyl adjacent to an activating group) is 1. The molecule has 0 unspecified atom stereocenters. The third-order valence-corrected chi connectivity index (χ3v) is 7.91. The summed E-state index contributed by atoms with van der Waals surface area (Å²) in [6.45, 7) is 5.74. The van der Waals surface area contributed by atoms with Gasteiger partial charge in [-0.05, 0) is 43.2 Å². The Labute approximate surface area is 230 Å². The molecule has 0 saturated carbocycles. The molecule has 2 atom stereocenters. The predicted octanol–water partition coefficient (Wildman–Crippen LogP) is 5.47. The number of likely N-dealkylation sites (tertiary alicyclic amines) is 1. The molecule has 0 spiro atoms. The molecule has 2 aliphatic heterocycles. The molecule has 2 aromatic rings. The van der Waals surface area contributed by atoms with Crippen molar-refractivity contribution in [3.8, 4) is 0 Å². The minimum absolute atomic E-state index is 0.161. The van der Waals surface area contributed by atoms with E-state index >= 15 is 0 Å². The lowest BCUT2D eigenvalue weighted by molar-refractivity contribution is -0.139. The number of hydrogen-bond acceptors (Lipinski definition) is 3. The lowest BCUT2D eigenvalue weighted by Gasteiger charge is -2.36. The molecule has 6 nitrogen and oxygen atoms in total. The molecule has 0 radical (unpaired) electrons. The number of carbonyl (C=O) groups excluding carboxylic acids is 2. The smallest absolute Gasteiger partial charge is 0.378 e. The van der Waals surface area contributed by atoms with Gasteiger partial charge in [0.2, 0.25) is 5.91 Å². The van der Waals surface area contributed by atoms with E-state index in [4.69, 9.17) is 4.74 Å². The SMILES string of the molecule is CN(C(=O)C(C)(C)c1cc(C(C)(F)F)cc(C(F)(F)F)c1)[C@@H]1CN(C(=O)N2CCOCC2)C[C@H]1c1ccccc1. The number of alkyl halides is 5. The Kier molecular flexibility index (Phi) is 8.18. The summed E-state index contributed by atoms with van der Waals surface area (Å²) in [4.78, 5) is 32.1. The van der Waals surface area contributed by atoms with Gasteiger partial charge in [-0.15, -0.1) is 0 Å². The Bertz CT molecular complexity index is 1190. The van der Waals surface area contributed by atoms with E-state index in [1.807, 2.05) is 30.3 Å². The minimum Gasteiger partial charge on any atom is -0.378 e. The van der Waals surface area contributed by atoms with E-state index < -0.39 is 40.6 Å². The van der Waals surface area contributed by atoms with Crippen LogP contribution in [0.2, 0.25) is 0 Å². The summed E-state index contributed by atoms with van der Waals surface area (Å²) >= 11 is 0. The van der Waals surface area contributed by atoms with Gasteiger partial charge in [-0.1, -0.05) is 30.3 Å². The Hall–Kier alpha value is -3.21. The van der Waals surface area contributed by atoms with Crippen molar-refractivity contribution >= 4 is 11.9 Å². The van der Waals surface area contributed by atoms with Crippen molar-refractivity contribution in [2.45, 2.75) is 50.2 Å². The van der Waals surface area contributed by atoms with Crippen LogP contribution in [0.5, 0.6) is 0 Å². The van der Waals surface area contributed by atoms with Crippen molar-refractivity contribution in [3.05, 3.63) is 70.8 Å². The first-order valence-corrected chi connectivity index (χ1v) is 13.2. The molecule has 2 saturated heterocycles. The normalized spacial score (nSPS) is 20.5. The summed E-state index contributed by atoms with van der Waals surface area (Å²) in [5, 5.41) is 0. The van der Waals surface area contributed by atoms with E-state index in [2.05, 4.69) is 0 Å². The van der Waals surface area contributed by atoms with Crippen LogP contribution in [0.1, 0.15) is 48.9 Å². The van der Waals surface area contributed by atoms with E-state index in [9.17, 15) is 31.5 Å². The van der Waals surface area contributed by atoms with Crippen LogP contribution in [0.25, 0.3) is 0 Å². The summed E-state index contributed by atoms with van der Waals surface area (Å²) in [6, 6.07) is 10.9. The van der Waals surface area contributed by atoms with E-state index in [1.54, 1.807) is 16.8 Å². The second-order valence-electron chi connectivity index (χ2n) is 11.1. The average molecular weight is 568 g/mol. The fourth-order valence-corrected chi connectivity index (χ4v) is 5.44. The van der Waals surface area contributed by atoms with Crippen LogP contribution in [0.3, 0.4) is 0 Å². The van der Waals surface area contributed by atoms with Gasteiger partial charge in [-0.2, -0.15) is 13.2 Å². The first kappa shape index (κ1) is 29.8. The summed E-state index contributed by atoms with van der Waals surface area (Å²) in [6.07, 6.45) is -4.87. The highest BCUT2D eigenvalue weighted by atomic mass is 19.4. The molecule has 3 amide bonds. The van der Waals surface area contributed by atoms with Crippen molar-refractivity contribution in [3.63, 3.8) is 0 Å². The summed E-state index contributed by atoms with van der Waals surface area (Å²) in [5.41, 5.74) is -2.87. The highest BCUT2D eigenvalue weighted by molar-refractivity contribution is 5.88. The van der Waals surface area contributed by atoms with Crippen LogP contribution < -0.4 is 0 Å². The number of nitrogens with zero attached hydrogens (tertiary/aromatic N) is 3. The van der Waals surface area contributed by atoms with Crippen LogP contribution >= 0.6 is 0 Å². The molecule has 11 heteroatoms. The van der Waals surface area contributed by atoms with Gasteiger partial charge in [-0.3, -0.25) is 4.79 Å². The van der Waals surface area contributed by atoms with Gasteiger partial charge >= 0.3 is 12.2 Å². The zero-order valence-electron chi connectivity index (χ0n) is 23.0. The van der Waals surface area contributed by atoms with Crippen LogP contribution in [-0.4, -0.2) is 79.1 Å². The van der Waals surface area contributed by atoms with Crippen LogP contribution in [-0.2, 0) is 27.0 Å². The molecular formula is C29H34F5N3O3. The van der Waals surface area contributed by atoms with E-state index in [0.717, 1.165) is 17.7 Å². The monoisotopic (exact) mass is 567 g/mol. The number of urea groups is 1. The molecule has 40 heavy (non-hydrogen) atoms. The lowest BCUT2D eigenvalue weighted by Crippen LogP contribution is -2.50. The zero-order chi connectivity index (χ0) is 29.5. The largest absolute Gasteiger partial charge is 0.416 e. The minimum atomic E-state index is -4.87. The number of ether oxygens (including phenoxy) is 1. The van der Waals surface area contributed by atoms with E-state index in [-0.39, 0.29) is 24.1 Å². The third-order valence-electron chi connectivity index (χ3n) is 7.91. The van der Waals surface area contributed by atoms with Crippen LogP contribution in [0, 0.1) is 0 Å². The maximum Gasteiger partial charge on any atom is 0.416 e. The number of amides is 3. The van der Waals surface area contributed by atoms with Gasteiger partial charge in [0.1, 0.15) is 0 Å². The molecule has 0 N–H and O–H groups in total. The number of morpholine rings is 1. The summed E-state index contributed by atoms with van der Waals surface area (Å²) < 4.78 is 74.7. The Balaban J connectivity index is 1.67. The second-order valence-corrected chi connectivity index (χ2v) is 11.1. The average Bonchev–Trinajstić information content (AvgIpc) is 3.37. The Morgan fingerprint density at radius 3 is 2.00 bits per heavy atom. The molecular weight excluding hydrogens is 533 g/mol. The second kappa shape index (κ2) is 11.0. The topological polar surface area (TPSA) is 53.1 Å². The van der Waals surface area contributed by atoms with Crippen molar-refractivity contribution < 1.29 is 36.3 Å². The summed E-state index contributed by atoms with van der Waals surface area (Å²) in [5.74, 6) is -4.33. The van der Waals surface area contributed by atoms with Crippen molar-refractivity contribution in [2.75, 3.05) is 46.4 Å². The molecule has 0 aromatic heterocycles.